The van der Waals surface area contributed by atoms with Crippen molar-refractivity contribution in [3.05, 3.63) is 34.3 Å². The minimum atomic E-state index is 0.646. The predicted octanol–water partition coefficient (Wildman–Crippen LogP) is 3.22. The molecule has 1 heterocycles. The molecular weight excluding hydrogens is 244 g/mol. The summed E-state index contributed by atoms with van der Waals surface area (Å²) in [6.07, 6.45) is 2.51. The van der Waals surface area contributed by atoms with E-state index in [2.05, 4.69) is 42.3 Å². The molecule has 0 bridgehead atoms. The number of hydrogen-bond donors (Lipinski definition) is 1. The highest BCUT2D eigenvalue weighted by atomic mass is 35.5. The van der Waals surface area contributed by atoms with Gasteiger partial charge in [0, 0.05) is 37.2 Å². The molecule has 0 saturated carbocycles. The highest BCUT2D eigenvalue weighted by Crippen LogP contribution is 2.20. The summed E-state index contributed by atoms with van der Waals surface area (Å²) < 4.78 is 0. The Labute approximate surface area is 115 Å². The van der Waals surface area contributed by atoms with Gasteiger partial charge in [0.15, 0.2) is 0 Å². The zero-order chi connectivity index (χ0) is 13.0. The summed E-state index contributed by atoms with van der Waals surface area (Å²) >= 11 is 6.30. The second kappa shape index (κ2) is 6.55. The van der Waals surface area contributed by atoms with E-state index in [0.717, 1.165) is 31.2 Å². The molecule has 100 valence electrons. The molecule has 1 aliphatic heterocycles. The average Bonchev–Trinajstić information content (AvgIpc) is 2.34. The Bertz CT molecular complexity index is 390. The molecule has 1 saturated heterocycles. The Balaban J connectivity index is 1.96. The largest absolute Gasteiger partial charge is 0.311 e. The second-order valence-electron chi connectivity index (χ2n) is 5.27. The molecular formula is C15H23ClN2. The fraction of sp³-hybridized carbons (Fsp3) is 0.600. The second-order valence-corrected chi connectivity index (χ2v) is 5.68. The topological polar surface area (TPSA) is 15.3 Å². The summed E-state index contributed by atoms with van der Waals surface area (Å²) in [5.74, 6) is 0. The van der Waals surface area contributed by atoms with E-state index < -0.39 is 0 Å². The molecule has 3 heteroatoms. The fourth-order valence-electron chi connectivity index (χ4n) is 2.60. The van der Waals surface area contributed by atoms with E-state index in [9.17, 15) is 0 Å². The zero-order valence-electron chi connectivity index (χ0n) is 11.4. The van der Waals surface area contributed by atoms with Crippen LogP contribution in [0.4, 0.5) is 0 Å². The van der Waals surface area contributed by atoms with Gasteiger partial charge < -0.3 is 5.32 Å². The van der Waals surface area contributed by atoms with E-state index in [1.807, 2.05) is 0 Å². The first-order chi connectivity index (χ1) is 8.69. The van der Waals surface area contributed by atoms with Crippen LogP contribution in [0.3, 0.4) is 0 Å². The van der Waals surface area contributed by atoms with Gasteiger partial charge in [-0.25, -0.2) is 0 Å². The molecule has 1 unspecified atom stereocenters. The summed E-state index contributed by atoms with van der Waals surface area (Å²) in [7, 11) is 0. The number of nitrogens with zero attached hydrogens (tertiary/aromatic N) is 1. The monoisotopic (exact) mass is 266 g/mol. The summed E-state index contributed by atoms with van der Waals surface area (Å²) in [6.45, 7) is 8.65. The van der Waals surface area contributed by atoms with Crippen molar-refractivity contribution in [1.29, 1.82) is 0 Å². The molecule has 0 aromatic heterocycles. The van der Waals surface area contributed by atoms with Crippen LogP contribution in [0.15, 0.2) is 18.2 Å². The van der Waals surface area contributed by atoms with Gasteiger partial charge in [0.25, 0.3) is 0 Å². The smallest absolute Gasteiger partial charge is 0.0453 e. The van der Waals surface area contributed by atoms with Crippen LogP contribution in [0, 0.1) is 6.92 Å². The van der Waals surface area contributed by atoms with E-state index in [-0.39, 0.29) is 0 Å². The number of piperazine rings is 1. The Kier molecular flexibility index (Phi) is 5.04. The number of hydrogen-bond acceptors (Lipinski definition) is 2. The lowest BCUT2D eigenvalue weighted by molar-refractivity contribution is 0.187. The minimum absolute atomic E-state index is 0.646. The van der Waals surface area contributed by atoms with Gasteiger partial charge in [0.05, 0.1) is 0 Å². The van der Waals surface area contributed by atoms with Gasteiger partial charge in [-0.15, -0.1) is 0 Å². The molecule has 18 heavy (non-hydrogen) atoms. The van der Waals surface area contributed by atoms with Crippen LogP contribution in [0.25, 0.3) is 0 Å². The van der Waals surface area contributed by atoms with Crippen LogP contribution in [-0.4, -0.2) is 30.6 Å². The van der Waals surface area contributed by atoms with Crippen LogP contribution >= 0.6 is 11.6 Å². The van der Waals surface area contributed by atoms with Gasteiger partial charge in [0.2, 0.25) is 0 Å². The number of halogens is 1. The van der Waals surface area contributed by atoms with Crippen molar-refractivity contribution >= 4 is 11.6 Å². The van der Waals surface area contributed by atoms with E-state index in [0.29, 0.717) is 6.04 Å². The summed E-state index contributed by atoms with van der Waals surface area (Å²) in [6, 6.07) is 7.01. The molecule has 1 N–H and O–H groups in total. The van der Waals surface area contributed by atoms with Gasteiger partial charge in [0.1, 0.15) is 0 Å². The maximum Gasteiger partial charge on any atom is 0.0453 e. The lowest BCUT2D eigenvalue weighted by atomic mass is 10.1. The molecule has 0 aliphatic carbocycles. The first-order valence-corrected chi connectivity index (χ1v) is 7.27. The van der Waals surface area contributed by atoms with E-state index in [4.69, 9.17) is 11.6 Å². The highest BCUT2D eigenvalue weighted by Gasteiger charge is 2.19. The molecule has 1 atom stereocenters. The van der Waals surface area contributed by atoms with Crippen molar-refractivity contribution in [2.75, 3.05) is 19.6 Å². The molecule has 1 aromatic rings. The minimum Gasteiger partial charge on any atom is -0.311 e. The van der Waals surface area contributed by atoms with Gasteiger partial charge in [-0.2, -0.15) is 0 Å². The Morgan fingerprint density at radius 2 is 2.28 bits per heavy atom. The van der Waals surface area contributed by atoms with Crippen molar-refractivity contribution in [3.8, 4) is 0 Å². The fourth-order valence-corrected chi connectivity index (χ4v) is 2.90. The zero-order valence-corrected chi connectivity index (χ0v) is 12.1. The van der Waals surface area contributed by atoms with Crippen molar-refractivity contribution < 1.29 is 0 Å². The van der Waals surface area contributed by atoms with Gasteiger partial charge in [-0.1, -0.05) is 37.1 Å². The van der Waals surface area contributed by atoms with Crippen molar-refractivity contribution in [2.45, 2.75) is 39.3 Å². The van der Waals surface area contributed by atoms with E-state index >= 15 is 0 Å². The maximum atomic E-state index is 6.30. The lowest BCUT2D eigenvalue weighted by Crippen LogP contribution is -2.50. The molecule has 0 spiro atoms. The average molecular weight is 267 g/mol. The van der Waals surface area contributed by atoms with Crippen LogP contribution in [0.1, 0.15) is 30.9 Å². The molecule has 2 nitrogen and oxygen atoms in total. The molecule has 0 radical (unpaired) electrons. The van der Waals surface area contributed by atoms with Gasteiger partial charge in [-0.05, 0) is 30.5 Å². The van der Waals surface area contributed by atoms with Crippen molar-refractivity contribution in [2.24, 2.45) is 0 Å². The lowest BCUT2D eigenvalue weighted by Gasteiger charge is -2.33. The number of nitrogens with one attached hydrogen (secondary N) is 1. The first kappa shape index (κ1) is 13.9. The number of aryl methyl sites for hydroxylation is 1. The summed E-state index contributed by atoms with van der Waals surface area (Å²) in [5, 5.41) is 4.49. The Hall–Kier alpha value is -0.570. The quantitative estimate of drug-likeness (QED) is 0.900. The third kappa shape index (κ3) is 3.71. The molecule has 2 rings (SSSR count). The van der Waals surface area contributed by atoms with Crippen LogP contribution in [-0.2, 0) is 6.54 Å². The molecule has 1 aliphatic rings. The third-order valence-electron chi connectivity index (χ3n) is 3.58. The first-order valence-electron chi connectivity index (χ1n) is 6.90. The number of benzene rings is 1. The SMILES string of the molecule is CCCC1CN(Cc2ccc(C)cc2Cl)CCN1. The standard InChI is InChI=1S/C15H23ClN2/c1-3-4-14-11-18(8-7-17-14)10-13-6-5-12(2)9-15(13)16/h5-6,9,14,17H,3-4,7-8,10-11H2,1-2H3. The van der Waals surface area contributed by atoms with E-state index in [1.165, 1.54) is 24.0 Å². The summed E-state index contributed by atoms with van der Waals surface area (Å²) in [4.78, 5) is 2.51. The van der Waals surface area contributed by atoms with Crippen molar-refractivity contribution in [3.63, 3.8) is 0 Å². The molecule has 0 amide bonds. The van der Waals surface area contributed by atoms with Crippen molar-refractivity contribution in [1.82, 2.24) is 10.2 Å². The number of rotatable bonds is 4. The van der Waals surface area contributed by atoms with Gasteiger partial charge >= 0.3 is 0 Å². The van der Waals surface area contributed by atoms with Crippen LogP contribution in [0.2, 0.25) is 5.02 Å². The Morgan fingerprint density at radius 3 is 3.00 bits per heavy atom. The van der Waals surface area contributed by atoms with Crippen LogP contribution < -0.4 is 5.32 Å². The molecule has 1 fully saturated rings. The summed E-state index contributed by atoms with van der Waals surface area (Å²) in [5.41, 5.74) is 2.48. The maximum absolute atomic E-state index is 6.30. The molecule has 1 aromatic carbocycles. The van der Waals surface area contributed by atoms with Gasteiger partial charge in [-0.3, -0.25) is 4.90 Å². The van der Waals surface area contributed by atoms with E-state index in [1.54, 1.807) is 0 Å². The highest BCUT2D eigenvalue weighted by molar-refractivity contribution is 6.31. The predicted molar refractivity (Wildman–Crippen MR) is 78.2 cm³/mol. The third-order valence-corrected chi connectivity index (χ3v) is 3.93. The Morgan fingerprint density at radius 1 is 1.44 bits per heavy atom. The van der Waals surface area contributed by atoms with Crippen LogP contribution in [0.5, 0.6) is 0 Å². The normalized spacial score (nSPS) is 21.2.